The molecule has 3 heterocycles. The normalized spacial score (nSPS) is 19.5. The van der Waals surface area contributed by atoms with Gasteiger partial charge in [0, 0.05) is 21.9 Å². The fourth-order valence-electron chi connectivity index (χ4n) is 1.95. The summed E-state index contributed by atoms with van der Waals surface area (Å²) in [6.07, 6.45) is 0.616. The molecule has 0 radical (unpaired) electrons. The van der Waals surface area contributed by atoms with E-state index in [4.69, 9.17) is 0 Å². The van der Waals surface area contributed by atoms with Crippen LogP contribution in [0.2, 0.25) is 0 Å². The van der Waals surface area contributed by atoms with Gasteiger partial charge in [-0.15, -0.1) is 11.3 Å². The number of thiophene rings is 2. The van der Waals surface area contributed by atoms with Crippen LogP contribution in [-0.2, 0) is 9.59 Å². The van der Waals surface area contributed by atoms with Crippen molar-refractivity contribution in [1.29, 1.82) is 0 Å². The Labute approximate surface area is 116 Å². The standard InChI is InChI=1S/C12H10N2O3S2/c15-10-2-1-7(11(16)14-10)13-12(17)8-3-6-4-18-5-9(6)19-8/h3-5,7H,1-2H2,(H,13,17)(H,14,15,16). The van der Waals surface area contributed by atoms with Crippen LogP contribution in [-0.4, -0.2) is 23.8 Å². The number of amides is 3. The lowest BCUT2D eigenvalue weighted by molar-refractivity contribution is -0.134. The van der Waals surface area contributed by atoms with Crippen LogP contribution in [0.1, 0.15) is 22.5 Å². The van der Waals surface area contributed by atoms with Gasteiger partial charge in [-0.2, -0.15) is 11.3 Å². The minimum Gasteiger partial charge on any atom is -0.340 e. The fourth-order valence-corrected chi connectivity index (χ4v) is 3.86. The molecule has 1 saturated heterocycles. The zero-order valence-electron chi connectivity index (χ0n) is 9.76. The maximum Gasteiger partial charge on any atom is 0.262 e. The van der Waals surface area contributed by atoms with Crippen molar-refractivity contribution in [1.82, 2.24) is 10.6 Å². The number of fused-ring (bicyclic) bond motifs is 1. The predicted octanol–water partition coefficient (Wildman–Crippen LogP) is 1.50. The van der Waals surface area contributed by atoms with E-state index in [0.29, 0.717) is 11.3 Å². The molecule has 2 aromatic heterocycles. The Balaban J connectivity index is 1.72. The molecule has 0 spiro atoms. The van der Waals surface area contributed by atoms with Gasteiger partial charge in [-0.05, 0) is 17.9 Å². The summed E-state index contributed by atoms with van der Waals surface area (Å²) in [4.78, 5) is 35.2. The summed E-state index contributed by atoms with van der Waals surface area (Å²) in [5.74, 6) is -0.977. The SMILES string of the molecule is O=C1CCC(NC(=O)c2cc3cscc3s2)C(=O)N1. The monoisotopic (exact) mass is 294 g/mol. The molecule has 0 saturated carbocycles. The Morgan fingerprint density at radius 3 is 2.95 bits per heavy atom. The molecule has 2 N–H and O–H groups in total. The highest BCUT2D eigenvalue weighted by Gasteiger charge is 2.28. The van der Waals surface area contributed by atoms with Gasteiger partial charge in [0.2, 0.25) is 11.8 Å². The van der Waals surface area contributed by atoms with Gasteiger partial charge in [0.15, 0.2) is 0 Å². The average Bonchev–Trinajstić information content (AvgIpc) is 2.93. The first kappa shape index (κ1) is 12.3. The van der Waals surface area contributed by atoms with Gasteiger partial charge in [-0.25, -0.2) is 0 Å². The van der Waals surface area contributed by atoms with E-state index >= 15 is 0 Å². The van der Waals surface area contributed by atoms with Crippen molar-refractivity contribution >= 4 is 50.5 Å². The summed E-state index contributed by atoms with van der Waals surface area (Å²) in [6, 6.07) is 1.20. The van der Waals surface area contributed by atoms with Crippen molar-refractivity contribution in [3.8, 4) is 0 Å². The van der Waals surface area contributed by atoms with Crippen LogP contribution in [0.15, 0.2) is 16.8 Å². The van der Waals surface area contributed by atoms with E-state index in [2.05, 4.69) is 10.6 Å². The smallest absolute Gasteiger partial charge is 0.262 e. The van der Waals surface area contributed by atoms with Crippen LogP contribution in [0, 0.1) is 0 Å². The second-order valence-corrected chi connectivity index (χ2v) is 6.11. The van der Waals surface area contributed by atoms with Crippen molar-refractivity contribution in [2.45, 2.75) is 18.9 Å². The number of hydrogen-bond acceptors (Lipinski definition) is 5. The third-order valence-corrected chi connectivity index (χ3v) is 4.94. The summed E-state index contributed by atoms with van der Waals surface area (Å²) >= 11 is 3.00. The zero-order valence-corrected chi connectivity index (χ0v) is 11.4. The Morgan fingerprint density at radius 1 is 1.37 bits per heavy atom. The Kier molecular flexibility index (Phi) is 3.08. The summed E-state index contributed by atoms with van der Waals surface area (Å²) in [6.45, 7) is 0. The summed E-state index contributed by atoms with van der Waals surface area (Å²) in [5.41, 5.74) is 0. The van der Waals surface area contributed by atoms with E-state index in [-0.39, 0.29) is 18.2 Å². The highest BCUT2D eigenvalue weighted by Crippen LogP contribution is 2.28. The first-order chi connectivity index (χ1) is 9.13. The Hall–Kier alpha value is -1.73. The Morgan fingerprint density at radius 2 is 2.21 bits per heavy atom. The molecule has 1 aliphatic heterocycles. The maximum atomic E-state index is 12.0. The lowest BCUT2D eigenvalue weighted by atomic mass is 10.1. The molecule has 1 aliphatic rings. The van der Waals surface area contributed by atoms with E-state index in [1.165, 1.54) is 11.3 Å². The fraction of sp³-hybridized carbons (Fsp3) is 0.250. The van der Waals surface area contributed by atoms with Crippen LogP contribution in [0.5, 0.6) is 0 Å². The molecule has 0 aliphatic carbocycles. The first-order valence-electron chi connectivity index (χ1n) is 5.74. The lowest BCUT2D eigenvalue weighted by Gasteiger charge is -2.21. The minimum absolute atomic E-state index is 0.260. The van der Waals surface area contributed by atoms with Crippen molar-refractivity contribution in [3.05, 3.63) is 21.7 Å². The van der Waals surface area contributed by atoms with Crippen molar-refractivity contribution in [2.24, 2.45) is 0 Å². The molecule has 5 nitrogen and oxygen atoms in total. The maximum absolute atomic E-state index is 12.0. The van der Waals surface area contributed by atoms with E-state index in [9.17, 15) is 14.4 Å². The van der Waals surface area contributed by atoms with Gasteiger partial charge in [0.1, 0.15) is 6.04 Å². The zero-order chi connectivity index (χ0) is 13.4. The average molecular weight is 294 g/mol. The molecule has 2 aromatic rings. The van der Waals surface area contributed by atoms with Crippen molar-refractivity contribution in [3.63, 3.8) is 0 Å². The van der Waals surface area contributed by atoms with Crippen LogP contribution in [0.25, 0.3) is 10.1 Å². The topological polar surface area (TPSA) is 75.3 Å². The quantitative estimate of drug-likeness (QED) is 0.824. The molecule has 1 unspecified atom stereocenters. The third kappa shape index (κ3) is 2.39. The van der Waals surface area contributed by atoms with Gasteiger partial charge >= 0.3 is 0 Å². The van der Waals surface area contributed by atoms with Crippen molar-refractivity contribution in [2.75, 3.05) is 0 Å². The molecule has 1 atom stereocenters. The molecule has 1 fully saturated rings. The second-order valence-electron chi connectivity index (χ2n) is 4.28. The number of carbonyl (C=O) groups is 3. The number of rotatable bonds is 2. The molecule has 3 rings (SSSR count). The Bertz CT molecular complexity index is 645. The lowest BCUT2D eigenvalue weighted by Crippen LogP contribution is -2.52. The summed E-state index contributed by atoms with van der Waals surface area (Å²) in [5, 5.41) is 9.90. The van der Waals surface area contributed by atoms with Crippen LogP contribution in [0.3, 0.4) is 0 Å². The van der Waals surface area contributed by atoms with Crippen molar-refractivity contribution < 1.29 is 14.4 Å². The first-order valence-corrected chi connectivity index (χ1v) is 7.50. The molecule has 7 heteroatoms. The van der Waals surface area contributed by atoms with Crippen LogP contribution >= 0.6 is 22.7 Å². The molecule has 19 heavy (non-hydrogen) atoms. The number of hydrogen-bond donors (Lipinski definition) is 2. The molecule has 0 aromatic carbocycles. The van der Waals surface area contributed by atoms with Gasteiger partial charge in [-0.1, -0.05) is 0 Å². The third-order valence-electron chi connectivity index (χ3n) is 2.93. The second kappa shape index (κ2) is 4.75. The van der Waals surface area contributed by atoms with E-state index in [1.807, 2.05) is 16.8 Å². The predicted molar refractivity (Wildman–Crippen MR) is 73.3 cm³/mol. The number of imide groups is 1. The molecule has 3 amide bonds. The van der Waals surface area contributed by atoms with E-state index in [0.717, 1.165) is 10.1 Å². The minimum atomic E-state index is -0.621. The number of nitrogens with one attached hydrogen (secondary N) is 2. The van der Waals surface area contributed by atoms with Crippen LogP contribution < -0.4 is 10.6 Å². The van der Waals surface area contributed by atoms with Gasteiger partial charge in [-0.3, -0.25) is 19.7 Å². The largest absolute Gasteiger partial charge is 0.340 e. The summed E-state index contributed by atoms with van der Waals surface area (Å²) in [7, 11) is 0. The van der Waals surface area contributed by atoms with E-state index < -0.39 is 11.9 Å². The van der Waals surface area contributed by atoms with Gasteiger partial charge in [0.25, 0.3) is 5.91 Å². The molecular weight excluding hydrogens is 284 g/mol. The molecule has 98 valence electrons. The molecule has 0 bridgehead atoms. The molecular formula is C12H10N2O3S2. The number of piperidine rings is 1. The summed E-state index contributed by atoms with van der Waals surface area (Å²) < 4.78 is 1.07. The highest BCUT2D eigenvalue weighted by molar-refractivity contribution is 7.24. The van der Waals surface area contributed by atoms with E-state index in [1.54, 1.807) is 11.3 Å². The van der Waals surface area contributed by atoms with Crippen LogP contribution in [0.4, 0.5) is 0 Å². The number of carbonyl (C=O) groups excluding carboxylic acids is 3. The highest BCUT2D eigenvalue weighted by atomic mass is 32.1. The van der Waals surface area contributed by atoms with Gasteiger partial charge in [0.05, 0.1) is 4.88 Å². The van der Waals surface area contributed by atoms with Gasteiger partial charge < -0.3 is 5.32 Å².